The van der Waals surface area contributed by atoms with Crippen LogP contribution in [-0.2, 0) is 11.2 Å². The minimum Gasteiger partial charge on any atom is -0.323 e. The zero-order valence-corrected chi connectivity index (χ0v) is 15.4. The van der Waals surface area contributed by atoms with E-state index in [9.17, 15) is 13.6 Å². The number of rotatable bonds is 5. The molecule has 0 fully saturated rings. The smallest absolute Gasteiger partial charge is 0.229 e. The van der Waals surface area contributed by atoms with Crippen LogP contribution in [0.15, 0.2) is 53.9 Å². The van der Waals surface area contributed by atoms with E-state index in [1.54, 1.807) is 30.4 Å². The zero-order valence-electron chi connectivity index (χ0n) is 14.6. The molecule has 2 heterocycles. The number of nitrogens with one attached hydrogen (secondary N) is 2. The predicted octanol–water partition coefficient (Wildman–Crippen LogP) is 5.25. The number of thiophene rings is 1. The Kier molecular flexibility index (Phi) is 4.99. The van der Waals surface area contributed by atoms with Crippen molar-refractivity contribution in [2.45, 2.75) is 6.42 Å². The quantitative estimate of drug-likeness (QED) is 0.485. The molecular weight excluding hydrogens is 380 g/mol. The Morgan fingerprint density at radius 3 is 2.71 bits per heavy atom. The van der Waals surface area contributed by atoms with Gasteiger partial charge in [-0.1, -0.05) is 24.3 Å². The third-order valence-corrected chi connectivity index (χ3v) is 5.05. The largest absolute Gasteiger partial charge is 0.323 e. The molecule has 0 aliphatic carbocycles. The number of aromatic nitrogens is 2. The fourth-order valence-electron chi connectivity index (χ4n) is 2.80. The molecule has 1 amide bonds. The van der Waals surface area contributed by atoms with Crippen molar-refractivity contribution in [3.63, 3.8) is 0 Å². The van der Waals surface area contributed by atoms with Crippen molar-refractivity contribution in [1.82, 2.24) is 10.2 Å². The maximum Gasteiger partial charge on any atom is 0.229 e. The van der Waals surface area contributed by atoms with E-state index in [1.165, 1.54) is 29.5 Å². The van der Waals surface area contributed by atoms with Crippen LogP contribution in [0.5, 0.6) is 0 Å². The van der Waals surface area contributed by atoms with Crippen molar-refractivity contribution in [3.8, 4) is 0 Å². The average molecular weight is 395 g/mol. The first kappa shape index (κ1) is 18.1. The van der Waals surface area contributed by atoms with Crippen LogP contribution in [0.25, 0.3) is 23.1 Å². The Bertz CT molecular complexity index is 1150. The van der Waals surface area contributed by atoms with Crippen molar-refractivity contribution in [1.29, 1.82) is 0 Å². The summed E-state index contributed by atoms with van der Waals surface area (Å²) in [6.45, 7) is 0. The van der Waals surface area contributed by atoms with Crippen molar-refractivity contribution >= 4 is 46.0 Å². The van der Waals surface area contributed by atoms with E-state index in [-0.39, 0.29) is 23.8 Å². The van der Waals surface area contributed by atoms with Gasteiger partial charge < -0.3 is 5.32 Å². The Hall–Kier alpha value is -3.32. The van der Waals surface area contributed by atoms with E-state index in [1.807, 2.05) is 17.5 Å². The summed E-state index contributed by atoms with van der Waals surface area (Å²) in [5, 5.41) is 12.2. The van der Waals surface area contributed by atoms with E-state index >= 15 is 0 Å². The number of carbonyl (C=O) groups is 1. The van der Waals surface area contributed by atoms with Crippen molar-refractivity contribution < 1.29 is 13.6 Å². The van der Waals surface area contributed by atoms with Crippen LogP contribution >= 0.6 is 11.3 Å². The topological polar surface area (TPSA) is 57.8 Å². The molecule has 4 rings (SSSR count). The number of amides is 1. The van der Waals surface area contributed by atoms with Gasteiger partial charge in [0.15, 0.2) is 0 Å². The second kappa shape index (κ2) is 7.74. The standard InChI is InChI=1S/C21H15F2N3OS/c22-14-6-3-13(4-7-14)5-8-18-16-11-20(17(23)12-19(16)26-25-18)24-21(27)10-15-2-1-9-28-15/h1-9,11-12H,10H2,(H,24,27)(H,25,26)/b8-5+. The molecule has 0 radical (unpaired) electrons. The van der Waals surface area contributed by atoms with Gasteiger partial charge in [-0.2, -0.15) is 5.10 Å². The molecule has 0 unspecified atom stereocenters. The minimum atomic E-state index is -0.537. The first-order valence-corrected chi connectivity index (χ1v) is 9.40. The highest BCUT2D eigenvalue weighted by Crippen LogP contribution is 2.25. The lowest BCUT2D eigenvalue weighted by Crippen LogP contribution is -2.14. The molecule has 2 aromatic heterocycles. The van der Waals surface area contributed by atoms with Gasteiger partial charge in [-0.3, -0.25) is 9.89 Å². The minimum absolute atomic E-state index is 0.104. The van der Waals surface area contributed by atoms with E-state index in [2.05, 4.69) is 15.5 Å². The summed E-state index contributed by atoms with van der Waals surface area (Å²) in [5.74, 6) is -1.13. The number of aromatic amines is 1. The van der Waals surface area contributed by atoms with Gasteiger partial charge in [0.05, 0.1) is 23.3 Å². The van der Waals surface area contributed by atoms with Crippen molar-refractivity contribution in [2.24, 2.45) is 0 Å². The molecule has 0 atom stereocenters. The highest BCUT2D eigenvalue weighted by Gasteiger charge is 2.13. The lowest BCUT2D eigenvalue weighted by Gasteiger charge is -2.06. The second-order valence-corrected chi connectivity index (χ2v) is 7.21. The molecule has 0 aliphatic rings. The average Bonchev–Trinajstić information content (AvgIpc) is 3.31. The molecule has 7 heteroatoms. The molecule has 0 saturated heterocycles. The van der Waals surface area contributed by atoms with Crippen LogP contribution < -0.4 is 5.32 Å². The summed E-state index contributed by atoms with van der Waals surface area (Å²) in [6, 6.07) is 12.6. The maximum atomic E-state index is 14.3. The Labute approximate surface area is 163 Å². The number of hydrogen-bond donors (Lipinski definition) is 2. The van der Waals surface area contributed by atoms with Crippen molar-refractivity contribution in [3.05, 3.63) is 81.7 Å². The zero-order chi connectivity index (χ0) is 19.5. The summed E-state index contributed by atoms with van der Waals surface area (Å²) in [6.07, 6.45) is 3.73. The maximum absolute atomic E-state index is 14.3. The Morgan fingerprint density at radius 1 is 1.14 bits per heavy atom. The normalized spacial score (nSPS) is 11.4. The fourth-order valence-corrected chi connectivity index (χ4v) is 3.50. The third kappa shape index (κ3) is 3.99. The Morgan fingerprint density at radius 2 is 1.96 bits per heavy atom. The number of halogens is 2. The van der Waals surface area contributed by atoms with Crippen LogP contribution in [0.1, 0.15) is 16.1 Å². The van der Waals surface area contributed by atoms with E-state index in [4.69, 9.17) is 0 Å². The number of anilines is 1. The number of carbonyl (C=O) groups excluding carboxylic acids is 1. The number of hydrogen-bond acceptors (Lipinski definition) is 3. The summed E-state index contributed by atoms with van der Waals surface area (Å²) in [4.78, 5) is 13.1. The lowest BCUT2D eigenvalue weighted by atomic mass is 10.1. The molecule has 2 N–H and O–H groups in total. The second-order valence-electron chi connectivity index (χ2n) is 6.18. The fraction of sp³-hybridized carbons (Fsp3) is 0.0476. The first-order chi connectivity index (χ1) is 13.6. The summed E-state index contributed by atoms with van der Waals surface area (Å²) < 4.78 is 27.3. The van der Waals surface area contributed by atoms with Gasteiger partial charge in [0.2, 0.25) is 5.91 Å². The highest BCUT2D eigenvalue weighted by molar-refractivity contribution is 7.10. The van der Waals surface area contributed by atoms with Gasteiger partial charge in [0.25, 0.3) is 0 Å². The molecule has 0 bridgehead atoms. The van der Waals surface area contributed by atoms with Crippen LogP contribution in [0.2, 0.25) is 0 Å². The number of fused-ring (bicyclic) bond motifs is 1. The number of benzene rings is 2. The van der Waals surface area contributed by atoms with E-state index < -0.39 is 5.82 Å². The molecule has 2 aromatic carbocycles. The van der Waals surface area contributed by atoms with E-state index in [0.717, 1.165) is 10.4 Å². The van der Waals surface area contributed by atoms with Gasteiger partial charge in [0, 0.05) is 16.3 Å². The molecule has 4 nitrogen and oxygen atoms in total. The highest BCUT2D eigenvalue weighted by atomic mass is 32.1. The first-order valence-electron chi connectivity index (χ1n) is 8.52. The predicted molar refractivity (Wildman–Crippen MR) is 108 cm³/mol. The number of nitrogens with zero attached hydrogens (tertiary/aromatic N) is 1. The van der Waals surface area contributed by atoms with Gasteiger partial charge in [0.1, 0.15) is 11.6 Å². The molecular formula is C21H15F2N3OS. The molecule has 140 valence electrons. The summed E-state index contributed by atoms with van der Waals surface area (Å²) in [7, 11) is 0. The van der Waals surface area contributed by atoms with Gasteiger partial charge in [-0.05, 0) is 41.3 Å². The van der Waals surface area contributed by atoms with Crippen LogP contribution in [0.4, 0.5) is 14.5 Å². The monoisotopic (exact) mass is 395 g/mol. The van der Waals surface area contributed by atoms with Crippen LogP contribution in [0, 0.1) is 11.6 Å². The lowest BCUT2D eigenvalue weighted by molar-refractivity contribution is -0.115. The SMILES string of the molecule is O=C(Cc1cccs1)Nc1cc2c(/C=C/c3ccc(F)cc3)n[nH]c2cc1F. The Balaban J connectivity index is 1.58. The van der Waals surface area contributed by atoms with Gasteiger partial charge >= 0.3 is 0 Å². The molecule has 0 aliphatic heterocycles. The van der Waals surface area contributed by atoms with Gasteiger partial charge in [-0.25, -0.2) is 8.78 Å². The third-order valence-electron chi connectivity index (χ3n) is 4.17. The van der Waals surface area contributed by atoms with Crippen LogP contribution in [-0.4, -0.2) is 16.1 Å². The summed E-state index contributed by atoms with van der Waals surface area (Å²) in [5.41, 5.74) is 2.02. The molecule has 28 heavy (non-hydrogen) atoms. The summed E-state index contributed by atoms with van der Waals surface area (Å²) >= 11 is 1.48. The molecule has 0 saturated carbocycles. The van der Waals surface area contributed by atoms with Gasteiger partial charge in [-0.15, -0.1) is 11.3 Å². The van der Waals surface area contributed by atoms with Crippen molar-refractivity contribution in [2.75, 3.05) is 5.32 Å². The molecule has 0 spiro atoms. The van der Waals surface area contributed by atoms with E-state index in [0.29, 0.717) is 16.6 Å². The molecule has 4 aromatic rings. The number of H-pyrrole nitrogens is 1. The van der Waals surface area contributed by atoms with Crippen LogP contribution in [0.3, 0.4) is 0 Å².